The lowest BCUT2D eigenvalue weighted by Gasteiger charge is -2.39. The van der Waals surface area contributed by atoms with E-state index in [0.717, 1.165) is 32.5 Å². The lowest BCUT2D eigenvalue weighted by atomic mass is 10.1. The number of carbonyl (C=O) groups is 1. The molecule has 0 spiro atoms. The molecule has 1 amide bonds. The third-order valence-electron chi connectivity index (χ3n) is 2.59. The van der Waals surface area contributed by atoms with Crippen molar-refractivity contribution in [2.24, 2.45) is 11.7 Å². The number of hydrogen-bond donors (Lipinski definition) is 1. The van der Waals surface area contributed by atoms with Crippen LogP contribution in [0.25, 0.3) is 0 Å². The number of nitrogens with two attached hydrogens (primary N) is 1. The number of amides is 1. The van der Waals surface area contributed by atoms with Crippen LogP contribution < -0.4 is 5.73 Å². The molecule has 1 saturated heterocycles. The number of rotatable bonds is 5. The molecule has 0 aromatic carbocycles. The van der Waals surface area contributed by atoms with Crippen molar-refractivity contribution in [2.45, 2.75) is 33.1 Å². The topological polar surface area (TPSA) is 49.6 Å². The van der Waals surface area contributed by atoms with Crippen LogP contribution in [0.4, 0.5) is 0 Å². The first-order valence-corrected chi connectivity index (χ1v) is 5.90. The van der Waals surface area contributed by atoms with Gasteiger partial charge in [-0.1, -0.05) is 13.8 Å². The van der Waals surface area contributed by atoms with Crippen molar-refractivity contribution in [3.05, 3.63) is 0 Å². The fourth-order valence-corrected chi connectivity index (χ4v) is 1.89. The van der Waals surface area contributed by atoms with E-state index >= 15 is 0 Å². The monoisotopic (exact) mass is 213 g/mol. The van der Waals surface area contributed by atoms with Crippen LogP contribution in [0.2, 0.25) is 0 Å². The van der Waals surface area contributed by atoms with Crippen LogP contribution in [0.15, 0.2) is 0 Å². The summed E-state index contributed by atoms with van der Waals surface area (Å²) in [7, 11) is 0. The Hall–Kier alpha value is -0.610. The minimum absolute atomic E-state index is 0.270. The Morgan fingerprint density at radius 2 is 2.20 bits per heavy atom. The molecule has 2 N–H and O–H groups in total. The van der Waals surface area contributed by atoms with Crippen molar-refractivity contribution in [2.75, 3.05) is 26.2 Å². The second-order valence-electron chi connectivity index (χ2n) is 4.57. The highest BCUT2D eigenvalue weighted by Crippen LogP contribution is 2.14. The van der Waals surface area contributed by atoms with Gasteiger partial charge in [0, 0.05) is 26.1 Å². The van der Waals surface area contributed by atoms with Crippen LogP contribution in [0.3, 0.4) is 0 Å². The maximum absolute atomic E-state index is 11.8. The number of hydrogen-bond acceptors (Lipinski definition) is 3. The smallest absolute Gasteiger partial charge is 0.236 e. The van der Waals surface area contributed by atoms with Gasteiger partial charge in [0.2, 0.25) is 5.91 Å². The van der Waals surface area contributed by atoms with Gasteiger partial charge in [-0.15, -0.1) is 0 Å². The molecule has 1 aliphatic heterocycles. The van der Waals surface area contributed by atoms with E-state index in [1.54, 1.807) is 0 Å². The average molecular weight is 213 g/mol. The Kier molecular flexibility index (Phi) is 5.05. The molecule has 0 bridgehead atoms. The quantitative estimate of drug-likeness (QED) is 0.736. The fourth-order valence-electron chi connectivity index (χ4n) is 1.89. The highest BCUT2D eigenvalue weighted by molar-refractivity contribution is 5.76. The van der Waals surface area contributed by atoms with E-state index in [1.807, 2.05) is 5.01 Å². The number of nitrogens with zero attached hydrogens (tertiary/aromatic N) is 2. The SMILES string of the molecule is CC(C)CN1C(=O)CCCN1CCCN. The maximum atomic E-state index is 11.8. The Morgan fingerprint density at radius 3 is 2.80 bits per heavy atom. The van der Waals surface area contributed by atoms with Gasteiger partial charge in [0.25, 0.3) is 0 Å². The highest BCUT2D eigenvalue weighted by atomic mass is 16.2. The molecule has 1 fully saturated rings. The first-order valence-electron chi connectivity index (χ1n) is 5.90. The molecule has 1 heterocycles. The van der Waals surface area contributed by atoms with E-state index in [0.29, 0.717) is 18.9 Å². The summed E-state index contributed by atoms with van der Waals surface area (Å²) < 4.78 is 0. The molecule has 0 atom stereocenters. The van der Waals surface area contributed by atoms with Gasteiger partial charge in [0.1, 0.15) is 0 Å². The van der Waals surface area contributed by atoms with Crippen LogP contribution in [0, 0.1) is 5.92 Å². The van der Waals surface area contributed by atoms with Crippen LogP contribution in [-0.2, 0) is 4.79 Å². The number of hydrazine groups is 1. The summed E-state index contributed by atoms with van der Waals surface area (Å²) >= 11 is 0. The molecule has 4 heteroatoms. The Balaban J connectivity index is 2.52. The molecule has 1 rings (SSSR count). The molecule has 0 saturated carbocycles. The second kappa shape index (κ2) is 6.08. The van der Waals surface area contributed by atoms with E-state index in [4.69, 9.17) is 5.73 Å². The first-order chi connectivity index (χ1) is 7.15. The highest BCUT2D eigenvalue weighted by Gasteiger charge is 2.25. The molecule has 1 aliphatic rings. The molecular formula is C11H23N3O. The van der Waals surface area contributed by atoms with Gasteiger partial charge in [-0.2, -0.15) is 0 Å². The molecule has 15 heavy (non-hydrogen) atoms. The van der Waals surface area contributed by atoms with Crippen molar-refractivity contribution in [1.82, 2.24) is 10.0 Å². The summed E-state index contributed by atoms with van der Waals surface area (Å²) in [6.07, 6.45) is 2.64. The number of carbonyl (C=O) groups excluding carboxylic acids is 1. The van der Waals surface area contributed by atoms with E-state index in [2.05, 4.69) is 18.9 Å². The third-order valence-corrected chi connectivity index (χ3v) is 2.59. The predicted molar refractivity (Wildman–Crippen MR) is 61.0 cm³/mol. The maximum Gasteiger partial charge on any atom is 0.236 e. The van der Waals surface area contributed by atoms with Crippen LogP contribution in [0.5, 0.6) is 0 Å². The fraction of sp³-hybridized carbons (Fsp3) is 0.909. The van der Waals surface area contributed by atoms with E-state index < -0.39 is 0 Å². The zero-order valence-corrected chi connectivity index (χ0v) is 9.91. The second-order valence-corrected chi connectivity index (χ2v) is 4.57. The largest absolute Gasteiger partial charge is 0.330 e. The minimum atomic E-state index is 0.270. The molecular weight excluding hydrogens is 190 g/mol. The normalized spacial score (nSPS) is 18.9. The van der Waals surface area contributed by atoms with Crippen molar-refractivity contribution >= 4 is 5.91 Å². The van der Waals surface area contributed by atoms with Crippen LogP contribution >= 0.6 is 0 Å². The lowest BCUT2D eigenvalue weighted by Crippen LogP contribution is -2.52. The predicted octanol–water partition coefficient (Wildman–Crippen LogP) is 0.831. The summed E-state index contributed by atoms with van der Waals surface area (Å²) in [5.41, 5.74) is 5.50. The zero-order chi connectivity index (χ0) is 11.3. The zero-order valence-electron chi connectivity index (χ0n) is 9.91. The van der Waals surface area contributed by atoms with E-state index in [1.165, 1.54) is 0 Å². The summed E-state index contributed by atoms with van der Waals surface area (Å²) in [6.45, 7) is 7.73. The Labute approximate surface area is 92.4 Å². The Morgan fingerprint density at radius 1 is 1.47 bits per heavy atom. The van der Waals surface area contributed by atoms with Crippen molar-refractivity contribution in [3.63, 3.8) is 0 Å². The summed E-state index contributed by atoms with van der Waals surface area (Å²) in [6, 6.07) is 0. The molecule has 0 radical (unpaired) electrons. The molecule has 0 unspecified atom stereocenters. The van der Waals surface area contributed by atoms with Gasteiger partial charge in [0.05, 0.1) is 0 Å². The van der Waals surface area contributed by atoms with Crippen LogP contribution in [0.1, 0.15) is 33.1 Å². The third kappa shape index (κ3) is 3.80. The molecule has 4 nitrogen and oxygen atoms in total. The molecule has 88 valence electrons. The van der Waals surface area contributed by atoms with Crippen LogP contribution in [-0.4, -0.2) is 42.1 Å². The Bertz CT molecular complexity index is 206. The molecule has 0 aliphatic carbocycles. The first kappa shape index (κ1) is 12.5. The lowest BCUT2D eigenvalue weighted by molar-refractivity contribution is -0.157. The van der Waals surface area contributed by atoms with Gasteiger partial charge in [-0.05, 0) is 25.3 Å². The van der Waals surface area contributed by atoms with Crippen molar-refractivity contribution < 1.29 is 4.79 Å². The standard InChI is InChI=1S/C11H23N3O/c1-10(2)9-14-11(15)5-3-7-13(14)8-4-6-12/h10H,3-9,12H2,1-2H3. The van der Waals surface area contributed by atoms with E-state index in [-0.39, 0.29) is 5.91 Å². The van der Waals surface area contributed by atoms with Gasteiger partial charge >= 0.3 is 0 Å². The molecule has 0 aromatic rings. The van der Waals surface area contributed by atoms with Crippen molar-refractivity contribution in [3.8, 4) is 0 Å². The van der Waals surface area contributed by atoms with Gasteiger partial charge < -0.3 is 5.73 Å². The van der Waals surface area contributed by atoms with Gasteiger partial charge in [-0.25, -0.2) is 5.01 Å². The average Bonchev–Trinajstić information content (AvgIpc) is 2.18. The summed E-state index contributed by atoms with van der Waals surface area (Å²) in [5, 5.41) is 4.09. The van der Waals surface area contributed by atoms with Gasteiger partial charge in [0.15, 0.2) is 0 Å². The summed E-state index contributed by atoms with van der Waals surface area (Å²) in [5.74, 6) is 0.791. The van der Waals surface area contributed by atoms with Crippen molar-refractivity contribution in [1.29, 1.82) is 0 Å². The summed E-state index contributed by atoms with van der Waals surface area (Å²) in [4.78, 5) is 11.8. The van der Waals surface area contributed by atoms with E-state index in [9.17, 15) is 4.79 Å². The van der Waals surface area contributed by atoms with Gasteiger partial charge in [-0.3, -0.25) is 9.80 Å². The molecule has 0 aromatic heterocycles. The minimum Gasteiger partial charge on any atom is -0.330 e.